The van der Waals surface area contributed by atoms with E-state index >= 15 is 0 Å². The van der Waals surface area contributed by atoms with E-state index in [2.05, 4.69) is 51.6 Å². The molecule has 1 N–H and O–H groups in total. The van der Waals surface area contributed by atoms with E-state index in [0.29, 0.717) is 24.0 Å². The minimum atomic E-state index is -0.254. The number of nitrogens with zero attached hydrogens (tertiary/aromatic N) is 6. The number of aromatic nitrogens is 6. The van der Waals surface area contributed by atoms with Gasteiger partial charge in [-0.05, 0) is 25.1 Å². The summed E-state index contributed by atoms with van der Waals surface area (Å²) in [7, 11) is 1.91. The highest BCUT2D eigenvalue weighted by molar-refractivity contribution is 5.52. The van der Waals surface area contributed by atoms with Gasteiger partial charge in [0.05, 0.1) is 0 Å². The van der Waals surface area contributed by atoms with E-state index in [-0.39, 0.29) is 18.0 Å². The van der Waals surface area contributed by atoms with E-state index in [4.69, 9.17) is 4.52 Å². The number of tetrazole rings is 1. The molecule has 2 heterocycles. The first kappa shape index (κ1) is 17.2. The molecule has 2 unspecified atom stereocenters. The smallest absolute Gasteiger partial charge is 0.253 e. The first-order chi connectivity index (χ1) is 12.1. The molecule has 8 nitrogen and oxygen atoms in total. The average molecular weight is 341 g/mol. The summed E-state index contributed by atoms with van der Waals surface area (Å²) in [6, 6.07) is 9.78. The molecule has 8 heteroatoms. The van der Waals surface area contributed by atoms with Crippen molar-refractivity contribution in [3.8, 4) is 11.4 Å². The molecule has 0 amide bonds. The highest BCUT2D eigenvalue weighted by Gasteiger charge is 2.27. The van der Waals surface area contributed by atoms with Crippen LogP contribution in [-0.4, -0.2) is 43.4 Å². The zero-order valence-corrected chi connectivity index (χ0v) is 14.9. The van der Waals surface area contributed by atoms with E-state index in [9.17, 15) is 0 Å². The summed E-state index contributed by atoms with van der Waals surface area (Å²) in [5.41, 5.74) is 0.922. The predicted octanol–water partition coefficient (Wildman–Crippen LogP) is 2.12. The molecule has 3 rings (SSSR count). The quantitative estimate of drug-likeness (QED) is 0.703. The monoisotopic (exact) mass is 341 g/mol. The summed E-state index contributed by atoms with van der Waals surface area (Å²) in [6.45, 7) is 6.20. The molecule has 0 saturated heterocycles. The number of likely N-dealkylation sites (N-methyl/N-ethyl adjacent to an activating group) is 1. The maximum absolute atomic E-state index is 5.49. The van der Waals surface area contributed by atoms with E-state index in [1.54, 1.807) is 4.80 Å². The van der Waals surface area contributed by atoms with Crippen molar-refractivity contribution in [3.63, 3.8) is 0 Å². The number of hydrogen-bond donors (Lipinski definition) is 1. The lowest BCUT2D eigenvalue weighted by atomic mass is 10.1. The first-order valence-electron chi connectivity index (χ1n) is 8.43. The van der Waals surface area contributed by atoms with Crippen molar-refractivity contribution < 1.29 is 4.52 Å². The molecule has 0 aliphatic carbocycles. The Bertz CT molecular complexity index is 796. The van der Waals surface area contributed by atoms with Crippen LogP contribution >= 0.6 is 0 Å². The summed E-state index contributed by atoms with van der Waals surface area (Å²) in [5, 5.41) is 20.1. The third kappa shape index (κ3) is 3.90. The minimum Gasteiger partial charge on any atom is -0.337 e. The standard InChI is InChI=1S/C17H23N7O/c1-11(2)15(17-19-14(22-25-17)10-12(3)18-4)24-21-16(20-23-24)13-8-6-5-7-9-13/h5-9,11-12,15,18H,10H2,1-4H3. The maximum atomic E-state index is 5.49. The van der Waals surface area contributed by atoms with Crippen LogP contribution in [0.2, 0.25) is 0 Å². The third-order valence-corrected chi connectivity index (χ3v) is 4.06. The number of rotatable bonds is 7. The van der Waals surface area contributed by atoms with Crippen LogP contribution in [0.25, 0.3) is 11.4 Å². The minimum absolute atomic E-state index is 0.174. The lowest BCUT2D eigenvalue weighted by Gasteiger charge is -2.14. The van der Waals surface area contributed by atoms with Crippen molar-refractivity contribution >= 4 is 0 Å². The van der Waals surface area contributed by atoms with Crippen LogP contribution in [0.15, 0.2) is 34.9 Å². The first-order valence-corrected chi connectivity index (χ1v) is 8.43. The normalized spacial score (nSPS) is 14.0. The Morgan fingerprint density at radius 3 is 2.60 bits per heavy atom. The molecule has 0 fully saturated rings. The molecule has 0 radical (unpaired) electrons. The van der Waals surface area contributed by atoms with Gasteiger partial charge >= 0.3 is 0 Å². The molecular formula is C17H23N7O. The van der Waals surface area contributed by atoms with Crippen LogP contribution < -0.4 is 5.32 Å². The Balaban J connectivity index is 1.86. The predicted molar refractivity (Wildman–Crippen MR) is 92.8 cm³/mol. The van der Waals surface area contributed by atoms with Crippen molar-refractivity contribution in [2.75, 3.05) is 7.05 Å². The molecule has 0 aliphatic heterocycles. The SMILES string of the molecule is CNC(C)Cc1noc(C(C(C)C)n2nnc(-c3ccccc3)n2)n1. The molecule has 132 valence electrons. The molecule has 0 saturated carbocycles. The number of nitrogens with one attached hydrogen (secondary N) is 1. The zero-order chi connectivity index (χ0) is 17.8. The van der Waals surface area contributed by atoms with E-state index < -0.39 is 0 Å². The van der Waals surface area contributed by atoms with Gasteiger partial charge in [-0.1, -0.05) is 49.3 Å². The van der Waals surface area contributed by atoms with Gasteiger partial charge in [-0.3, -0.25) is 0 Å². The van der Waals surface area contributed by atoms with Crippen LogP contribution in [0, 0.1) is 5.92 Å². The summed E-state index contributed by atoms with van der Waals surface area (Å²) < 4.78 is 5.49. The lowest BCUT2D eigenvalue weighted by Crippen LogP contribution is -2.24. The fourth-order valence-corrected chi connectivity index (χ4v) is 2.54. The summed E-state index contributed by atoms with van der Waals surface area (Å²) in [4.78, 5) is 6.09. The van der Waals surface area contributed by atoms with Gasteiger partial charge in [-0.15, -0.1) is 10.2 Å². The Morgan fingerprint density at radius 2 is 1.92 bits per heavy atom. The van der Waals surface area contributed by atoms with Crippen molar-refractivity contribution in [1.82, 2.24) is 35.7 Å². The fraction of sp³-hybridized carbons (Fsp3) is 0.471. The Morgan fingerprint density at radius 1 is 1.16 bits per heavy atom. The Labute approximate surface area is 146 Å². The molecule has 0 aliphatic rings. The van der Waals surface area contributed by atoms with Crippen LogP contribution in [-0.2, 0) is 6.42 Å². The van der Waals surface area contributed by atoms with Gasteiger partial charge in [0, 0.05) is 18.0 Å². The molecule has 2 atom stereocenters. The van der Waals surface area contributed by atoms with Crippen molar-refractivity contribution in [2.45, 2.75) is 39.3 Å². The molecule has 25 heavy (non-hydrogen) atoms. The summed E-state index contributed by atoms with van der Waals surface area (Å²) in [5.74, 6) is 1.93. The second-order valence-corrected chi connectivity index (χ2v) is 6.43. The van der Waals surface area contributed by atoms with E-state index in [0.717, 1.165) is 5.56 Å². The number of benzene rings is 1. The average Bonchev–Trinajstić information content (AvgIpc) is 3.26. The van der Waals surface area contributed by atoms with Crippen molar-refractivity contribution in [1.29, 1.82) is 0 Å². The lowest BCUT2D eigenvalue weighted by molar-refractivity contribution is 0.263. The van der Waals surface area contributed by atoms with Gasteiger partial charge in [0.1, 0.15) is 0 Å². The molecular weight excluding hydrogens is 318 g/mol. The second-order valence-electron chi connectivity index (χ2n) is 6.43. The largest absolute Gasteiger partial charge is 0.337 e. The van der Waals surface area contributed by atoms with Gasteiger partial charge in [0.15, 0.2) is 11.9 Å². The van der Waals surface area contributed by atoms with Crippen LogP contribution in [0.5, 0.6) is 0 Å². The third-order valence-electron chi connectivity index (χ3n) is 4.06. The number of hydrogen-bond acceptors (Lipinski definition) is 7. The molecule has 1 aromatic carbocycles. The van der Waals surface area contributed by atoms with E-state index in [1.807, 2.05) is 37.4 Å². The summed E-state index contributed by atoms with van der Waals surface area (Å²) in [6.07, 6.45) is 0.699. The topological polar surface area (TPSA) is 94.6 Å². The Kier molecular flexibility index (Phi) is 5.18. The van der Waals surface area contributed by atoms with Crippen molar-refractivity contribution in [3.05, 3.63) is 42.0 Å². The van der Waals surface area contributed by atoms with Crippen LogP contribution in [0.3, 0.4) is 0 Å². The second kappa shape index (κ2) is 7.52. The summed E-state index contributed by atoms with van der Waals surface area (Å²) >= 11 is 0. The van der Waals surface area contributed by atoms with Crippen LogP contribution in [0.1, 0.15) is 38.5 Å². The maximum Gasteiger partial charge on any atom is 0.253 e. The van der Waals surface area contributed by atoms with Gasteiger partial charge in [0.25, 0.3) is 5.89 Å². The van der Waals surface area contributed by atoms with Crippen molar-refractivity contribution in [2.24, 2.45) is 5.92 Å². The van der Waals surface area contributed by atoms with Gasteiger partial charge in [-0.2, -0.15) is 9.78 Å². The van der Waals surface area contributed by atoms with E-state index in [1.165, 1.54) is 0 Å². The van der Waals surface area contributed by atoms with Gasteiger partial charge in [0.2, 0.25) is 5.82 Å². The molecule has 3 aromatic rings. The highest BCUT2D eigenvalue weighted by Crippen LogP contribution is 2.24. The Hall–Kier alpha value is -2.61. The molecule has 0 spiro atoms. The fourth-order valence-electron chi connectivity index (χ4n) is 2.54. The molecule has 0 bridgehead atoms. The zero-order valence-electron chi connectivity index (χ0n) is 14.9. The van der Waals surface area contributed by atoms with Crippen LogP contribution in [0.4, 0.5) is 0 Å². The highest BCUT2D eigenvalue weighted by atomic mass is 16.5. The van der Waals surface area contributed by atoms with Gasteiger partial charge in [-0.25, -0.2) is 0 Å². The molecule has 2 aromatic heterocycles. The van der Waals surface area contributed by atoms with Gasteiger partial charge < -0.3 is 9.84 Å².